The summed E-state index contributed by atoms with van der Waals surface area (Å²) in [5.74, 6) is 0.394. The van der Waals surface area contributed by atoms with Crippen molar-refractivity contribution in [3.63, 3.8) is 0 Å². The first-order valence-corrected chi connectivity index (χ1v) is 8.54. The topological polar surface area (TPSA) is 58.1 Å². The molecule has 1 aromatic heterocycles. The van der Waals surface area contributed by atoms with Gasteiger partial charge >= 0.3 is 0 Å². The van der Waals surface area contributed by atoms with Gasteiger partial charge in [-0.15, -0.1) is 0 Å². The Labute approximate surface area is 148 Å². The van der Waals surface area contributed by atoms with Crippen molar-refractivity contribution < 1.29 is 4.79 Å². The molecule has 0 aliphatic carbocycles. The van der Waals surface area contributed by atoms with Crippen LogP contribution in [0, 0.1) is 0 Å². The molecule has 2 rings (SSSR count). The number of aromatic nitrogens is 2. The average Bonchev–Trinajstić information content (AvgIpc) is 2.61. The third-order valence-electron chi connectivity index (χ3n) is 3.68. The molecule has 0 saturated heterocycles. The summed E-state index contributed by atoms with van der Waals surface area (Å²) >= 11 is 5.87. The molecule has 0 bridgehead atoms. The molecular formula is C18H23ClN4O. The Kier molecular flexibility index (Phi) is 7.00. The smallest absolute Gasteiger partial charge is 0.272 e. The minimum Gasteiger partial charge on any atom is -0.354 e. The number of nitrogens with zero attached hydrogens (tertiary/aromatic N) is 3. The Morgan fingerprint density at radius 1 is 1.25 bits per heavy atom. The number of halogens is 1. The largest absolute Gasteiger partial charge is 0.354 e. The van der Waals surface area contributed by atoms with E-state index in [4.69, 9.17) is 11.6 Å². The Balaban J connectivity index is 1.90. The third kappa shape index (κ3) is 5.49. The SMILES string of the molecule is CCCCN(C)C(=O)c1ccnc(NCCc2ccc(Cl)cc2)n1. The molecule has 0 aliphatic heterocycles. The second-order valence-corrected chi connectivity index (χ2v) is 6.09. The molecule has 1 heterocycles. The number of hydrogen-bond donors (Lipinski definition) is 1. The van der Waals surface area contributed by atoms with Crippen molar-refractivity contribution in [2.45, 2.75) is 26.2 Å². The maximum Gasteiger partial charge on any atom is 0.272 e. The van der Waals surface area contributed by atoms with Crippen molar-refractivity contribution >= 4 is 23.5 Å². The molecule has 0 aliphatic rings. The highest BCUT2D eigenvalue weighted by atomic mass is 35.5. The zero-order chi connectivity index (χ0) is 17.4. The van der Waals surface area contributed by atoms with Gasteiger partial charge in [-0.05, 0) is 36.6 Å². The molecule has 0 fully saturated rings. The van der Waals surface area contributed by atoms with E-state index >= 15 is 0 Å². The fourth-order valence-corrected chi connectivity index (χ4v) is 2.35. The van der Waals surface area contributed by atoms with Crippen LogP contribution in [0.4, 0.5) is 5.95 Å². The molecule has 24 heavy (non-hydrogen) atoms. The molecule has 0 saturated carbocycles. The Bertz CT molecular complexity index is 660. The number of hydrogen-bond acceptors (Lipinski definition) is 4. The number of carbonyl (C=O) groups excluding carboxylic acids is 1. The summed E-state index contributed by atoms with van der Waals surface area (Å²) in [5.41, 5.74) is 1.59. The summed E-state index contributed by atoms with van der Waals surface area (Å²) in [6, 6.07) is 9.38. The van der Waals surface area contributed by atoms with Crippen LogP contribution in [0.2, 0.25) is 5.02 Å². The number of unbranched alkanes of at least 4 members (excludes halogenated alkanes) is 1. The number of carbonyl (C=O) groups is 1. The molecule has 128 valence electrons. The molecule has 1 amide bonds. The van der Waals surface area contributed by atoms with Crippen molar-refractivity contribution in [2.75, 3.05) is 25.5 Å². The van der Waals surface area contributed by atoms with Crippen molar-refractivity contribution in [2.24, 2.45) is 0 Å². The van der Waals surface area contributed by atoms with Crippen LogP contribution < -0.4 is 5.32 Å². The van der Waals surface area contributed by atoms with Crippen LogP contribution in [0.1, 0.15) is 35.8 Å². The van der Waals surface area contributed by atoms with Crippen LogP contribution in [-0.2, 0) is 6.42 Å². The number of amides is 1. The van der Waals surface area contributed by atoms with Gasteiger partial charge in [-0.1, -0.05) is 37.1 Å². The van der Waals surface area contributed by atoms with Crippen molar-refractivity contribution in [3.8, 4) is 0 Å². The third-order valence-corrected chi connectivity index (χ3v) is 3.93. The number of rotatable bonds is 8. The normalized spacial score (nSPS) is 10.5. The zero-order valence-electron chi connectivity index (χ0n) is 14.1. The predicted octanol–water partition coefficient (Wildman–Crippen LogP) is 3.66. The summed E-state index contributed by atoms with van der Waals surface area (Å²) < 4.78 is 0. The Hall–Kier alpha value is -2.14. The lowest BCUT2D eigenvalue weighted by atomic mass is 10.1. The van der Waals surface area contributed by atoms with E-state index in [1.807, 2.05) is 24.3 Å². The van der Waals surface area contributed by atoms with Gasteiger partial charge < -0.3 is 10.2 Å². The first kappa shape index (κ1) is 18.2. The standard InChI is InChI=1S/C18H23ClN4O/c1-3-4-13-23(2)17(24)16-10-12-21-18(22-16)20-11-9-14-5-7-15(19)8-6-14/h5-8,10,12H,3-4,9,11,13H2,1-2H3,(H,20,21,22). The van der Waals surface area contributed by atoms with E-state index in [1.165, 1.54) is 5.56 Å². The van der Waals surface area contributed by atoms with Gasteiger partial charge in [0.1, 0.15) is 5.69 Å². The van der Waals surface area contributed by atoms with E-state index in [-0.39, 0.29) is 5.91 Å². The summed E-state index contributed by atoms with van der Waals surface area (Å²) in [4.78, 5) is 22.5. The van der Waals surface area contributed by atoms with E-state index in [0.717, 1.165) is 30.8 Å². The highest BCUT2D eigenvalue weighted by Gasteiger charge is 2.13. The fraction of sp³-hybridized carbons (Fsp3) is 0.389. The van der Waals surface area contributed by atoms with Gasteiger partial charge in [-0.3, -0.25) is 4.79 Å². The fourth-order valence-electron chi connectivity index (χ4n) is 2.23. The highest BCUT2D eigenvalue weighted by molar-refractivity contribution is 6.30. The molecule has 5 nitrogen and oxygen atoms in total. The van der Waals surface area contributed by atoms with Crippen LogP contribution in [0.15, 0.2) is 36.5 Å². The first-order chi connectivity index (χ1) is 11.6. The number of anilines is 1. The lowest BCUT2D eigenvalue weighted by molar-refractivity contribution is 0.0787. The van der Waals surface area contributed by atoms with E-state index in [0.29, 0.717) is 18.2 Å². The van der Waals surface area contributed by atoms with Crippen molar-refractivity contribution in [3.05, 3.63) is 52.8 Å². The average molecular weight is 347 g/mol. The Morgan fingerprint density at radius 3 is 2.71 bits per heavy atom. The zero-order valence-corrected chi connectivity index (χ0v) is 14.9. The monoisotopic (exact) mass is 346 g/mol. The first-order valence-electron chi connectivity index (χ1n) is 8.17. The van der Waals surface area contributed by atoms with E-state index in [9.17, 15) is 4.79 Å². The van der Waals surface area contributed by atoms with Gasteiger partial charge in [0.15, 0.2) is 0 Å². The second kappa shape index (κ2) is 9.23. The van der Waals surface area contributed by atoms with Crippen LogP contribution in [0.25, 0.3) is 0 Å². The van der Waals surface area contributed by atoms with Crippen LogP contribution in [0.5, 0.6) is 0 Å². The molecule has 0 unspecified atom stereocenters. The maximum atomic E-state index is 12.3. The predicted molar refractivity (Wildman–Crippen MR) is 97.5 cm³/mol. The van der Waals surface area contributed by atoms with E-state index in [1.54, 1.807) is 24.2 Å². The molecule has 6 heteroatoms. The molecule has 1 N–H and O–H groups in total. The molecule has 0 spiro atoms. The minimum atomic E-state index is -0.0772. The molecule has 2 aromatic rings. The van der Waals surface area contributed by atoms with Crippen LogP contribution in [-0.4, -0.2) is 40.9 Å². The van der Waals surface area contributed by atoms with Gasteiger partial charge in [-0.2, -0.15) is 0 Å². The van der Waals surface area contributed by atoms with Gasteiger partial charge in [0.25, 0.3) is 5.91 Å². The number of nitrogens with one attached hydrogen (secondary N) is 1. The highest BCUT2D eigenvalue weighted by Crippen LogP contribution is 2.10. The summed E-state index contributed by atoms with van der Waals surface area (Å²) in [7, 11) is 1.80. The lowest BCUT2D eigenvalue weighted by Gasteiger charge is -2.16. The lowest BCUT2D eigenvalue weighted by Crippen LogP contribution is -2.28. The van der Waals surface area contributed by atoms with E-state index < -0.39 is 0 Å². The second-order valence-electron chi connectivity index (χ2n) is 5.65. The minimum absolute atomic E-state index is 0.0772. The number of benzene rings is 1. The van der Waals surface area contributed by atoms with Gasteiger partial charge in [-0.25, -0.2) is 9.97 Å². The Morgan fingerprint density at radius 2 is 2.00 bits per heavy atom. The maximum absolute atomic E-state index is 12.3. The summed E-state index contributed by atoms with van der Waals surface area (Å²) in [6.07, 6.45) is 4.48. The van der Waals surface area contributed by atoms with E-state index in [2.05, 4.69) is 22.2 Å². The van der Waals surface area contributed by atoms with Gasteiger partial charge in [0, 0.05) is 31.4 Å². The molecule has 0 atom stereocenters. The van der Waals surface area contributed by atoms with Crippen LogP contribution in [0.3, 0.4) is 0 Å². The van der Waals surface area contributed by atoms with Crippen molar-refractivity contribution in [1.82, 2.24) is 14.9 Å². The van der Waals surface area contributed by atoms with Crippen LogP contribution >= 0.6 is 11.6 Å². The molecule has 0 radical (unpaired) electrons. The van der Waals surface area contributed by atoms with Crippen molar-refractivity contribution in [1.29, 1.82) is 0 Å². The molecule has 1 aromatic carbocycles. The molecular weight excluding hydrogens is 324 g/mol. The summed E-state index contributed by atoms with van der Waals surface area (Å²) in [6.45, 7) is 3.52. The van der Waals surface area contributed by atoms with Gasteiger partial charge in [0.2, 0.25) is 5.95 Å². The quantitative estimate of drug-likeness (QED) is 0.792. The van der Waals surface area contributed by atoms with Gasteiger partial charge in [0.05, 0.1) is 0 Å². The summed E-state index contributed by atoms with van der Waals surface area (Å²) in [5, 5.41) is 3.89.